The number of amides is 2. The van der Waals surface area contributed by atoms with Crippen LogP contribution in [0.5, 0.6) is 0 Å². The van der Waals surface area contributed by atoms with E-state index < -0.39 is 6.04 Å². The van der Waals surface area contributed by atoms with Gasteiger partial charge < -0.3 is 15.5 Å². The first-order valence-electron chi connectivity index (χ1n) is 7.92. The standard InChI is InChI=1S/C17H20N4O2S/c1-12(20-16(22)15-5-3-9-24-15)17(23)21-8-7-19-11-14(21)13-4-2-6-18-10-13/h2-6,9-10,12,14,19H,7-8,11H2,1H3,(H,20,22). The SMILES string of the molecule is CC(NC(=O)c1cccs1)C(=O)N1CCNCC1c1cccnc1. The molecule has 1 aliphatic heterocycles. The first-order valence-corrected chi connectivity index (χ1v) is 8.80. The molecule has 6 nitrogen and oxygen atoms in total. The fourth-order valence-electron chi connectivity index (χ4n) is 2.82. The van der Waals surface area contributed by atoms with Crippen molar-refractivity contribution in [1.82, 2.24) is 20.5 Å². The van der Waals surface area contributed by atoms with Crippen LogP contribution in [0.2, 0.25) is 0 Å². The molecule has 1 saturated heterocycles. The average molecular weight is 344 g/mol. The van der Waals surface area contributed by atoms with Gasteiger partial charge in [0.25, 0.3) is 5.91 Å². The number of hydrogen-bond acceptors (Lipinski definition) is 5. The fourth-order valence-corrected chi connectivity index (χ4v) is 3.45. The van der Waals surface area contributed by atoms with Gasteiger partial charge in [-0.3, -0.25) is 14.6 Å². The Morgan fingerprint density at radius 2 is 2.29 bits per heavy atom. The minimum absolute atomic E-state index is 0.0685. The average Bonchev–Trinajstić information content (AvgIpc) is 3.16. The van der Waals surface area contributed by atoms with Gasteiger partial charge in [-0.25, -0.2) is 0 Å². The summed E-state index contributed by atoms with van der Waals surface area (Å²) in [7, 11) is 0. The smallest absolute Gasteiger partial charge is 0.261 e. The van der Waals surface area contributed by atoms with E-state index in [-0.39, 0.29) is 17.9 Å². The first kappa shape index (κ1) is 16.6. The third-order valence-corrected chi connectivity index (χ3v) is 4.93. The highest BCUT2D eigenvalue weighted by atomic mass is 32.1. The van der Waals surface area contributed by atoms with Crippen molar-refractivity contribution >= 4 is 23.2 Å². The van der Waals surface area contributed by atoms with E-state index in [1.807, 2.05) is 28.5 Å². The summed E-state index contributed by atoms with van der Waals surface area (Å²) in [5.41, 5.74) is 0.995. The molecule has 24 heavy (non-hydrogen) atoms. The molecule has 0 aromatic carbocycles. The van der Waals surface area contributed by atoms with E-state index in [0.29, 0.717) is 18.0 Å². The Morgan fingerprint density at radius 1 is 1.42 bits per heavy atom. The number of nitrogens with one attached hydrogen (secondary N) is 2. The van der Waals surface area contributed by atoms with Gasteiger partial charge in [-0.05, 0) is 30.0 Å². The first-order chi connectivity index (χ1) is 11.7. The normalized spacial score (nSPS) is 18.9. The highest BCUT2D eigenvalue weighted by Gasteiger charge is 2.31. The van der Waals surface area contributed by atoms with Crippen LogP contribution in [0.25, 0.3) is 0 Å². The molecule has 1 aliphatic rings. The van der Waals surface area contributed by atoms with Crippen molar-refractivity contribution in [2.75, 3.05) is 19.6 Å². The number of carbonyl (C=O) groups excluding carboxylic acids is 2. The van der Waals surface area contributed by atoms with Gasteiger partial charge in [0.15, 0.2) is 0 Å². The quantitative estimate of drug-likeness (QED) is 0.880. The van der Waals surface area contributed by atoms with Crippen molar-refractivity contribution < 1.29 is 9.59 Å². The Balaban J connectivity index is 1.70. The van der Waals surface area contributed by atoms with Crippen LogP contribution in [0.15, 0.2) is 42.0 Å². The zero-order valence-electron chi connectivity index (χ0n) is 13.4. The summed E-state index contributed by atoms with van der Waals surface area (Å²) >= 11 is 1.36. The van der Waals surface area contributed by atoms with E-state index in [1.165, 1.54) is 11.3 Å². The van der Waals surface area contributed by atoms with Gasteiger partial charge in [0.2, 0.25) is 5.91 Å². The molecule has 126 valence electrons. The van der Waals surface area contributed by atoms with Crippen molar-refractivity contribution in [1.29, 1.82) is 0 Å². The van der Waals surface area contributed by atoms with Crippen LogP contribution in [0.3, 0.4) is 0 Å². The third-order valence-electron chi connectivity index (χ3n) is 4.06. The van der Waals surface area contributed by atoms with E-state index in [4.69, 9.17) is 0 Å². The van der Waals surface area contributed by atoms with E-state index in [9.17, 15) is 9.59 Å². The Kier molecular flexibility index (Phi) is 5.22. The van der Waals surface area contributed by atoms with Crippen LogP contribution in [-0.2, 0) is 4.79 Å². The predicted octanol–water partition coefficient (Wildman–Crippen LogP) is 1.43. The molecule has 3 rings (SSSR count). The minimum atomic E-state index is -0.572. The lowest BCUT2D eigenvalue weighted by Gasteiger charge is -2.37. The van der Waals surface area contributed by atoms with Gasteiger partial charge in [-0.2, -0.15) is 0 Å². The number of rotatable bonds is 4. The van der Waals surface area contributed by atoms with Crippen molar-refractivity contribution in [2.24, 2.45) is 0 Å². The number of thiophene rings is 1. The summed E-state index contributed by atoms with van der Waals surface area (Å²) < 4.78 is 0. The molecule has 2 unspecified atom stereocenters. The Bertz CT molecular complexity index is 690. The number of aromatic nitrogens is 1. The number of nitrogens with zero attached hydrogens (tertiary/aromatic N) is 2. The van der Waals surface area contributed by atoms with Gasteiger partial charge in [-0.1, -0.05) is 12.1 Å². The molecular formula is C17H20N4O2S. The largest absolute Gasteiger partial charge is 0.340 e. The second-order valence-electron chi connectivity index (χ2n) is 5.71. The van der Waals surface area contributed by atoms with Crippen molar-refractivity contribution in [3.05, 3.63) is 52.5 Å². The molecule has 0 bridgehead atoms. The van der Waals surface area contributed by atoms with Crippen molar-refractivity contribution in [2.45, 2.75) is 19.0 Å². The highest BCUT2D eigenvalue weighted by Crippen LogP contribution is 2.22. The molecule has 3 heterocycles. The van der Waals surface area contributed by atoms with Crippen LogP contribution in [-0.4, -0.2) is 47.4 Å². The maximum Gasteiger partial charge on any atom is 0.261 e. The lowest BCUT2D eigenvalue weighted by atomic mass is 10.0. The molecule has 0 aliphatic carbocycles. The van der Waals surface area contributed by atoms with Gasteiger partial charge in [0, 0.05) is 32.0 Å². The Labute approximate surface area is 144 Å². The molecule has 7 heteroatoms. The summed E-state index contributed by atoms with van der Waals surface area (Å²) in [4.78, 5) is 31.6. The Morgan fingerprint density at radius 3 is 3.00 bits per heavy atom. The second kappa shape index (κ2) is 7.55. The summed E-state index contributed by atoms with van der Waals surface area (Å²) in [6.07, 6.45) is 3.50. The van der Waals surface area contributed by atoms with Crippen LogP contribution >= 0.6 is 11.3 Å². The molecule has 2 aromatic rings. The fraction of sp³-hybridized carbons (Fsp3) is 0.353. The van der Waals surface area contributed by atoms with Gasteiger partial charge in [0.05, 0.1) is 10.9 Å². The molecule has 1 fully saturated rings. The molecular weight excluding hydrogens is 324 g/mol. The van der Waals surface area contributed by atoms with Crippen LogP contribution in [0.1, 0.15) is 28.2 Å². The minimum Gasteiger partial charge on any atom is -0.340 e. The summed E-state index contributed by atoms with van der Waals surface area (Å²) in [6, 6.07) is 6.77. The van der Waals surface area contributed by atoms with Crippen LogP contribution < -0.4 is 10.6 Å². The topological polar surface area (TPSA) is 74.3 Å². The number of hydrogen-bond donors (Lipinski definition) is 2. The summed E-state index contributed by atoms with van der Waals surface area (Å²) in [5, 5.41) is 7.95. The second-order valence-corrected chi connectivity index (χ2v) is 6.66. The Hall–Kier alpha value is -2.25. The summed E-state index contributed by atoms with van der Waals surface area (Å²) in [5.74, 6) is -0.283. The molecule has 0 saturated carbocycles. The third kappa shape index (κ3) is 3.63. The van der Waals surface area contributed by atoms with Gasteiger partial charge >= 0.3 is 0 Å². The summed E-state index contributed by atoms with van der Waals surface area (Å²) in [6.45, 7) is 3.77. The lowest BCUT2D eigenvalue weighted by Crippen LogP contribution is -2.54. The van der Waals surface area contributed by atoms with Crippen LogP contribution in [0, 0.1) is 0 Å². The van der Waals surface area contributed by atoms with Crippen molar-refractivity contribution in [3.8, 4) is 0 Å². The van der Waals surface area contributed by atoms with E-state index in [1.54, 1.807) is 25.4 Å². The molecule has 2 amide bonds. The van der Waals surface area contributed by atoms with E-state index in [0.717, 1.165) is 12.1 Å². The maximum absolute atomic E-state index is 12.9. The molecule has 0 spiro atoms. The number of carbonyl (C=O) groups is 2. The maximum atomic E-state index is 12.9. The molecule has 2 N–H and O–H groups in total. The number of piperazine rings is 1. The number of pyridine rings is 1. The zero-order valence-corrected chi connectivity index (χ0v) is 14.3. The molecule has 0 radical (unpaired) electrons. The molecule has 2 atom stereocenters. The van der Waals surface area contributed by atoms with Gasteiger partial charge in [0.1, 0.15) is 6.04 Å². The monoisotopic (exact) mass is 344 g/mol. The van der Waals surface area contributed by atoms with Crippen molar-refractivity contribution in [3.63, 3.8) is 0 Å². The highest BCUT2D eigenvalue weighted by molar-refractivity contribution is 7.12. The zero-order chi connectivity index (χ0) is 16.9. The molecule has 2 aromatic heterocycles. The van der Waals surface area contributed by atoms with Gasteiger partial charge in [-0.15, -0.1) is 11.3 Å². The van der Waals surface area contributed by atoms with E-state index in [2.05, 4.69) is 15.6 Å². The lowest BCUT2D eigenvalue weighted by molar-refractivity contribution is -0.136. The van der Waals surface area contributed by atoms with E-state index >= 15 is 0 Å². The van der Waals surface area contributed by atoms with Crippen LogP contribution in [0.4, 0.5) is 0 Å². The predicted molar refractivity (Wildman–Crippen MR) is 92.8 cm³/mol.